The smallest absolute Gasteiger partial charge is 0.262 e. The summed E-state index contributed by atoms with van der Waals surface area (Å²) in [7, 11) is 0. The molecule has 0 bridgehead atoms. The predicted octanol–water partition coefficient (Wildman–Crippen LogP) is 2.24. The van der Waals surface area contributed by atoms with Crippen LogP contribution in [0.2, 0.25) is 0 Å². The van der Waals surface area contributed by atoms with Gasteiger partial charge in [0.15, 0.2) is 6.61 Å². The summed E-state index contributed by atoms with van der Waals surface area (Å²) < 4.78 is 11.1. The minimum Gasteiger partial charge on any atom is -0.482 e. The van der Waals surface area contributed by atoms with E-state index in [1.807, 2.05) is 18.2 Å². The average Bonchev–Trinajstić information content (AvgIpc) is 2.53. The third-order valence-corrected chi connectivity index (χ3v) is 4.06. The number of hydrogen-bond donors (Lipinski definition) is 2. The first-order valence-corrected chi connectivity index (χ1v) is 7.64. The number of anilines is 1. The monoisotopic (exact) mass is 290 g/mol. The van der Waals surface area contributed by atoms with Crippen LogP contribution in [-0.4, -0.2) is 31.8 Å². The number of nitrogens with one attached hydrogen (secondary N) is 2. The van der Waals surface area contributed by atoms with Crippen molar-refractivity contribution in [3.8, 4) is 5.75 Å². The fourth-order valence-corrected chi connectivity index (χ4v) is 2.76. The summed E-state index contributed by atoms with van der Waals surface area (Å²) in [6, 6.07) is 6.14. The van der Waals surface area contributed by atoms with Crippen molar-refractivity contribution in [1.29, 1.82) is 0 Å². The van der Waals surface area contributed by atoms with Gasteiger partial charge in [0.25, 0.3) is 5.91 Å². The molecule has 2 unspecified atom stereocenters. The number of amides is 1. The topological polar surface area (TPSA) is 59.6 Å². The molecular weight excluding hydrogens is 268 g/mol. The molecule has 2 heterocycles. The van der Waals surface area contributed by atoms with Crippen molar-refractivity contribution >= 4 is 11.6 Å². The zero-order chi connectivity index (χ0) is 14.7. The second-order valence-electron chi connectivity index (χ2n) is 5.71. The SMILES string of the molecule is CC(NCC1CCCCO1)c1ccc2c(c1)NC(=O)CO2. The van der Waals surface area contributed by atoms with Crippen LogP contribution in [-0.2, 0) is 9.53 Å². The molecule has 114 valence electrons. The molecular formula is C16H22N2O3. The predicted molar refractivity (Wildman–Crippen MR) is 80.6 cm³/mol. The number of ether oxygens (including phenoxy) is 2. The third-order valence-electron chi connectivity index (χ3n) is 4.06. The molecule has 5 nitrogen and oxygen atoms in total. The molecule has 0 saturated carbocycles. The number of benzene rings is 1. The van der Waals surface area contributed by atoms with Crippen LogP contribution < -0.4 is 15.4 Å². The maximum atomic E-state index is 11.4. The van der Waals surface area contributed by atoms with E-state index in [2.05, 4.69) is 17.6 Å². The molecule has 0 aromatic heterocycles. The molecule has 1 amide bonds. The summed E-state index contributed by atoms with van der Waals surface area (Å²) in [4.78, 5) is 11.4. The summed E-state index contributed by atoms with van der Waals surface area (Å²) in [6.07, 6.45) is 3.88. The first kappa shape index (κ1) is 14.4. The van der Waals surface area contributed by atoms with Gasteiger partial charge in [-0.05, 0) is 43.9 Å². The highest BCUT2D eigenvalue weighted by atomic mass is 16.5. The molecule has 0 radical (unpaired) electrons. The Balaban J connectivity index is 1.60. The molecule has 1 aromatic rings. The Hall–Kier alpha value is -1.59. The van der Waals surface area contributed by atoms with Crippen molar-refractivity contribution in [3.63, 3.8) is 0 Å². The third kappa shape index (κ3) is 3.54. The largest absolute Gasteiger partial charge is 0.482 e. The number of carbonyl (C=O) groups is 1. The van der Waals surface area contributed by atoms with Gasteiger partial charge in [0.05, 0.1) is 11.8 Å². The van der Waals surface area contributed by atoms with E-state index in [9.17, 15) is 4.79 Å². The fraction of sp³-hybridized carbons (Fsp3) is 0.562. The van der Waals surface area contributed by atoms with E-state index < -0.39 is 0 Å². The first-order chi connectivity index (χ1) is 10.2. The molecule has 0 aliphatic carbocycles. The second-order valence-corrected chi connectivity index (χ2v) is 5.71. The maximum Gasteiger partial charge on any atom is 0.262 e. The van der Waals surface area contributed by atoms with E-state index in [0.717, 1.165) is 36.6 Å². The van der Waals surface area contributed by atoms with Crippen LogP contribution in [0.5, 0.6) is 5.75 Å². The number of fused-ring (bicyclic) bond motifs is 1. The molecule has 2 aliphatic rings. The molecule has 1 fully saturated rings. The molecule has 0 spiro atoms. The van der Waals surface area contributed by atoms with Gasteiger partial charge in [-0.15, -0.1) is 0 Å². The van der Waals surface area contributed by atoms with Crippen LogP contribution in [0.1, 0.15) is 37.8 Å². The Kier molecular flexibility index (Phi) is 4.41. The summed E-state index contributed by atoms with van der Waals surface area (Å²) in [5, 5.41) is 6.35. The van der Waals surface area contributed by atoms with Gasteiger partial charge in [0.1, 0.15) is 5.75 Å². The van der Waals surface area contributed by atoms with Gasteiger partial charge in [-0.1, -0.05) is 6.07 Å². The molecule has 2 aliphatic heterocycles. The molecule has 1 aromatic carbocycles. The van der Waals surface area contributed by atoms with E-state index in [-0.39, 0.29) is 18.6 Å². The molecule has 2 atom stereocenters. The highest BCUT2D eigenvalue weighted by molar-refractivity contribution is 5.95. The lowest BCUT2D eigenvalue weighted by Crippen LogP contribution is -2.33. The van der Waals surface area contributed by atoms with E-state index in [4.69, 9.17) is 9.47 Å². The van der Waals surface area contributed by atoms with Crippen molar-refractivity contribution < 1.29 is 14.3 Å². The van der Waals surface area contributed by atoms with Gasteiger partial charge < -0.3 is 20.1 Å². The van der Waals surface area contributed by atoms with Gasteiger partial charge >= 0.3 is 0 Å². The molecule has 2 N–H and O–H groups in total. The Morgan fingerprint density at radius 1 is 1.43 bits per heavy atom. The Morgan fingerprint density at radius 3 is 3.14 bits per heavy atom. The Morgan fingerprint density at radius 2 is 2.33 bits per heavy atom. The standard InChI is InChI=1S/C16H22N2O3/c1-11(17-9-13-4-2-3-7-20-13)12-5-6-15-14(8-12)18-16(19)10-21-15/h5-6,8,11,13,17H,2-4,7,9-10H2,1H3,(H,18,19). The molecule has 1 saturated heterocycles. The van der Waals surface area contributed by atoms with Crippen LogP contribution in [0.3, 0.4) is 0 Å². The van der Waals surface area contributed by atoms with E-state index >= 15 is 0 Å². The van der Waals surface area contributed by atoms with Gasteiger partial charge in [-0.3, -0.25) is 4.79 Å². The van der Waals surface area contributed by atoms with Crippen molar-refractivity contribution in [1.82, 2.24) is 5.32 Å². The van der Waals surface area contributed by atoms with Crippen molar-refractivity contribution in [2.45, 2.75) is 38.3 Å². The van der Waals surface area contributed by atoms with Gasteiger partial charge in [-0.25, -0.2) is 0 Å². The molecule has 5 heteroatoms. The van der Waals surface area contributed by atoms with Crippen molar-refractivity contribution in [3.05, 3.63) is 23.8 Å². The average molecular weight is 290 g/mol. The number of hydrogen-bond acceptors (Lipinski definition) is 4. The van der Waals surface area contributed by atoms with Crippen LogP contribution in [0, 0.1) is 0 Å². The maximum absolute atomic E-state index is 11.4. The summed E-state index contributed by atoms with van der Waals surface area (Å²) in [5.41, 5.74) is 1.89. The second kappa shape index (κ2) is 6.45. The zero-order valence-corrected chi connectivity index (χ0v) is 12.4. The number of rotatable bonds is 4. The van der Waals surface area contributed by atoms with E-state index in [1.54, 1.807) is 0 Å². The van der Waals surface area contributed by atoms with Gasteiger partial charge in [-0.2, -0.15) is 0 Å². The first-order valence-electron chi connectivity index (χ1n) is 7.64. The Labute approximate surface area is 125 Å². The zero-order valence-electron chi connectivity index (χ0n) is 12.4. The van der Waals surface area contributed by atoms with Crippen LogP contribution in [0.4, 0.5) is 5.69 Å². The van der Waals surface area contributed by atoms with E-state index in [0.29, 0.717) is 6.10 Å². The van der Waals surface area contributed by atoms with Crippen LogP contribution in [0.15, 0.2) is 18.2 Å². The van der Waals surface area contributed by atoms with Crippen LogP contribution in [0.25, 0.3) is 0 Å². The van der Waals surface area contributed by atoms with Crippen molar-refractivity contribution in [2.24, 2.45) is 0 Å². The van der Waals surface area contributed by atoms with Crippen molar-refractivity contribution in [2.75, 3.05) is 25.1 Å². The molecule has 3 rings (SSSR count). The highest BCUT2D eigenvalue weighted by Gasteiger charge is 2.18. The minimum absolute atomic E-state index is 0.0964. The minimum atomic E-state index is -0.101. The summed E-state index contributed by atoms with van der Waals surface area (Å²) in [5.74, 6) is 0.636. The van der Waals surface area contributed by atoms with Gasteiger partial charge in [0, 0.05) is 19.2 Å². The lowest BCUT2D eigenvalue weighted by atomic mass is 10.1. The molecule has 21 heavy (non-hydrogen) atoms. The fourth-order valence-electron chi connectivity index (χ4n) is 2.76. The lowest BCUT2D eigenvalue weighted by Gasteiger charge is -2.25. The summed E-state index contributed by atoms with van der Waals surface area (Å²) >= 11 is 0. The van der Waals surface area contributed by atoms with Crippen LogP contribution >= 0.6 is 0 Å². The quantitative estimate of drug-likeness (QED) is 0.893. The Bertz CT molecular complexity index is 512. The summed E-state index contributed by atoms with van der Waals surface area (Å²) in [6.45, 7) is 3.96. The highest BCUT2D eigenvalue weighted by Crippen LogP contribution is 2.30. The lowest BCUT2D eigenvalue weighted by molar-refractivity contribution is -0.118. The normalized spacial score (nSPS) is 22.9. The number of carbonyl (C=O) groups excluding carboxylic acids is 1. The van der Waals surface area contributed by atoms with Gasteiger partial charge in [0.2, 0.25) is 0 Å². The van der Waals surface area contributed by atoms with E-state index in [1.165, 1.54) is 12.8 Å².